The van der Waals surface area contributed by atoms with E-state index in [4.69, 9.17) is 9.47 Å². The maximum atomic E-state index is 13.3. The molecule has 2 atom stereocenters. The molecule has 1 N–H and O–H groups in total. The molecule has 1 fully saturated rings. The molecule has 8 heteroatoms. The summed E-state index contributed by atoms with van der Waals surface area (Å²) in [5.74, 6) is 0.157. The van der Waals surface area contributed by atoms with Crippen molar-refractivity contribution in [3.8, 4) is 5.75 Å². The lowest BCUT2D eigenvalue weighted by molar-refractivity contribution is 0.00357. The third-order valence-electron chi connectivity index (χ3n) is 7.10. The Hall–Kier alpha value is -2.94. The molecule has 2 aromatic rings. The Morgan fingerprint density at radius 3 is 2.74 bits per heavy atom. The molecule has 3 aliphatic heterocycles. The summed E-state index contributed by atoms with van der Waals surface area (Å²) in [5, 5.41) is 10.8. The first kappa shape index (κ1) is 23.8. The standard InChI is InChI=1S/C27H33N3O5/c1-19-18-34-12-11-30(19)26(32)21-6-7-24-25(14-21)35-13-10-29(27(24)33)17-23(31)16-28-9-8-20-4-2-3-5-22(20)15-28/h2-7,14,19,23,31H,8-13,15-18H2,1H3/t19?,23-/m1/s1. The van der Waals surface area contributed by atoms with Gasteiger partial charge in [-0.3, -0.25) is 14.5 Å². The van der Waals surface area contributed by atoms with Gasteiger partial charge in [0.2, 0.25) is 0 Å². The molecule has 0 bridgehead atoms. The molecule has 0 aromatic heterocycles. The zero-order valence-corrected chi connectivity index (χ0v) is 20.2. The van der Waals surface area contributed by atoms with Crippen LogP contribution in [0.5, 0.6) is 5.75 Å². The van der Waals surface area contributed by atoms with E-state index in [0.717, 1.165) is 19.5 Å². The van der Waals surface area contributed by atoms with Gasteiger partial charge in [0.15, 0.2) is 0 Å². The lowest BCUT2D eigenvalue weighted by Crippen LogP contribution is -2.47. The van der Waals surface area contributed by atoms with Crippen LogP contribution in [0.15, 0.2) is 42.5 Å². The molecule has 186 valence electrons. The van der Waals surface area contributed by atoms with Gasteiger partial charge >= 0.3 is 0 Å². The van der Waals surface area contributed by atoms with Crippen LogP contribution in [0, 0.1) is 0 Å². The Labute approximate surface area is 206 Å². The van der Waals surface area contributed by atoms with Crippen molar-refractivity contribution >= 4 is 11.8 Å². The Balaban J connectivity index is 1.23. The maximum absolute atomic E-state index is 13.3. The monoisotopic (exact) mass is 479 g/mol. The Bertz CT molecular complexity index is 1090. The molecule has 3 aliphatic rings. The molecule has 3 heterocycles. The number of carbonyl (C=O) groups excluding carboxylic acids is 2. The number of ether oxygens (including phenoxy) is 2. The Kier molecular flexibility index (Phi) is 7.04. The number of fused-ring (bicyclic) bond motifs is 2. The van der Waals surface area contributed by atoms with Crippen LogP contribution in [0.25, 0.3) is 0 Å². The summed E-state index contributed by atoms with van der Waals surface area (Å²) < 4.78 is 11.3. The van der Waals surface area contributed by atoms with Crippen LogP contribution in [0.1, 0.15) is 38.8 Å². The highest BCUT2D eigenvalue weighted by Crippen LogP contribution is 2.26. The highest BCUT2D eigenvalue weighted by Gasteiger charge is 2.29. The van der Waals surface area contributed by atoms with Crippen molar-refractivity contribution in [2.75, 3.05) is 52.5 Å². The van der Waals surface area contributed by atoms with E-state index in [2.05, 4.69) is 23.1 Å². The number of benzene rings is 2. The molecule has 35 heavy (non-hydrogen) atoms. The molecular weight excluding hydrogens is 446 g/mol. The minimum atomic E-state index is -0.658. The average Bonchev–Trinajstić information content (AvgIpc) is 3.02. The quantitative estimate of drug-likeness (QED) is 0.704. The van der Waals surface area contributed by atoms with E-state index in [-0.39, 0.29) is 24.4 Å². The second-order valence-electron chi connectivity index (χ2n) is 9.64. The summed E-state index contributed by atoms with van der Waals surface area (Å²) in [5.41, 5.74) is 3.60. The minimum absolute atomic E-state index is 0.00275. The summed E-state index contributed by atoms with van der Waals surface area (Å²) >= 11 is 0. The summed E-state index contributed by atoms with van der Waals surface area (Å²) in [4.78, 5) is 32.0. The first-order chi connectivity index (χ1) is 17.0. The molecule has 0 radical (unpaired) electrons. The number of carbonyl (C=O) groups is 2. The van der Waals surface area contributed by atoms with Crippen molar-refractivity contribution in [2.24, 2.45) is 0 Å². The SMILES string of the molecule is CC1COCCN1C(=O)c1ccc2c(c1)OCCN(C[C@H](O)CN1CCc3ccccc3C1)C2=O. The highest BCUT2D eigenvalue weighted by molar-refractivity contribution is 6.00. The number of rotatable bonds is 5. The molecule has 5 rings (SSSR count). The maximum Gasteiger partial charge on any atom is 0.257 e. The molecule has 8 nitrogen and oxygen atoms in total. The van der Waals surface area contributed by atoms with Gasteiger partial charge in [0.25, 0.3) is 11.8 Å². The van der Waals surface area contributed by atoms with Crippen LogP contribution >= 0.6 is 0 Å². The fraction of sp³-hybridized carbons (Fsp3) is 0.481. The van der Waals surface area contributed by atoms with Gasteiger partial charge in [-0.1, -0.05) is 24.3 Å². The van der Waals surface area contributed by atoms with Crippen molar-refractivity contribution in [1.82, 2.24) is 14.7 Å². The van der Waals surface area contributed by atoms with Crippen molar-refractivity contribution in [3.63, 3.8) is 0 Å². The van der Waals surface area contributed by atoms with Gasteiger partial charge in [0, 0.05) is 38.3 Å². The van der Waals surface area contributed by atoms with Crippen LogP contribution in [0.3, 0.4) is 0 Å². The normalized spacial score (nSPS) is 21.5. The minimum Gasteiger partial charge on any atom is -0.491 e. The van der Waals surface area contributed by atoms with Gasteiger partial charge in [-0.05, 0) is 42.7 Å². The van der Waals surface area contributed by atoms with Gasteiger partial charge in [0.1, 0.15) is 12.4 Å². The lowest BCUT2D eigenvalue weighted by Gasteiger charge is -2.33. The number of β-amino-alcohol motifs (C(OH)–C–C–N with tert-alkyl or cyclic N) is 1. The number of aliphatic hydroxyl groups is 1. The first-order valence-electron chi connectivity index (χ1n) is 12.4. The van der Waals surface area contributed by atoms with Crippen LogP contribution in [0.4, 0.5) is 0 Å². The van der Waals surface area contributed by atoms with Crippen molar-refractivity contribution in [2.45, 2.75) is 32.0 Å². The predicted molar refractivity (Wildman–Crippen MR) is 131 cm³/mol. The number of aliphatic hydroxyl groups excluding tert-OH is 1. The number of hydrogen-bond acceptors (Lipinski definition) is 6. The third kappa shape index (κ3) is 5.19. The zero-order chi connectivity index (χ0) is 24.4. The highest BCUT2D eigenvalue weighted by atomic mass is 16.5. The van der Waals surface area contributed by atoms with Gasteiger partial charge in [-0.2, -0.15) is 0 Å². The molecule has 0 aliphatic carbocycles. The smallest absolute Gasteiger partial charge is 0.257 e. The second-order valence-corrected chi connectivity index (χ2v) is 9.64. The molecule has 2 aromatic carbocycles. The average molecular weight is 480 g/mol. The number of morpholine rings is 1. The number of nitrogens with zero attached hydrogens (tertiary/aromatic N) is 3. The van der Waals surface area contributed by atoms with Gasteiger partial charge in [0.05, 0.1) is 37.5 Å². The van der Waals surface area contributed by atoms with Crippen LogP contribution in [0.2, 0.25) is 0 Å². The second kappa shape index (κ2) is 10.4. The summed E-state index contributed by atoms with van der Waals surface area (Å²) in [6, 6.07) is 13.4. The van der Waals surface area contributed by atoms with Gasteiger partial charge < -0.3 is 24.4 Å². The van der Waals surface area contributed by atoms with E-state index in [9.17, 15) is 14.7 Å². The molecule has 2 amide bonds. The summed E-state index contributed by atoms with van der Waals surface area (Å²) in [7, 11) is 0. The van der Waals surface area contributed by atoms with Crippen LogP contribution < -0.4 is 4.74 Å². The van der Waals surface area contributed by atoms with Crippen molar-refractivity contribution in [3.05, 3.63) is 64.7 Å². The van der Waals surface area contributed by atoms with E-state index >= 15 is 0 Å². The van der Waals surface area contributed by atoms with E-state index in [0.29, 0.717) is 56.3 Å². The van der Waals surface area contributed by atoms with Crippen molar-refractivity contribution in [1.29, 1.82) is 0 Å². The number of hydrogen-bond donors (Lipinski definition) is 1. The number of amides is 2. The first-order valence-corrected chi connectivity index (χ1v) is 12.4. The topological polar surface area (TPSA) is 82.5 Å². The summed E-state index contributed by atoms with van der Waals surface area (Å²) in [6.45, 7) is 6.72. The van der Waals surface area contributed by atoms with Crippen molar-refractivity contribution < 1.29 is 24.2 Å². The zero-order valence-electron chi connectivity index (χ0n) is 20.2. The Morgan fingerprint density at radius 1 is 1.09 bits per heavy atom. The molecular formula is C27H33N3O5. The van der Waals surface area contributed by atoms with Gasteiger partial charge in [-0.25, -0.2) is 0 Å². The van der Waals surface area contributed by atoms with E-state index in [1.54, 1.807) is 28.0 Å². The summed E-state index contributed by atoms with van der Waals surface area (Å²) in [6.07, 6.45) is 0.311. The molecule has 1 saturated heterocycles. The lowest BCUT2D eigenvalue weighted by atomic mass is 10.00. The predicted octanol–water partition coefficient (Wildman–Crippen LogP) is 1.80. The molecule has 0 spiro atoms. The largest absolute Gasteiger partial charge is 0.491 e. The fourth-order valence-electron chi connectivity index (χ4n) is 5.18. The van der Waals surface area contributed by atoms with E-state index < -0.39 is 6.10 Å². The Morgan fingerprint density at radius 2 is 1.91 bits per heavy atom. The fourth-order valence-corrected chi connectivity index (χ4v) is 5.18. The van der Waals surface area contributed by atoms with Gasteiger partial charge in [-0.15, -0.1) is 0 Å². The molecule has 0 saturated carbocycles. The van der Waals surface area contributed by atoms with E-state index in [1.807, 2.05) is 13.0 Å². The van der Waals surface area contributed by atoms with Crippen LogP contribution in [-0.2, 0) is 17.7 Å². The van der Waals surface area contributed by atoms with Crippen LogP contribution in [-0.4, -0.2) is 96.3 Å². The van der Waals surface area contributed by atoms with E-state index in [1.165, 1.54) is 11.1 Å². The third-order valence-corrected chi connectivity index (χ3v) is 7.10. The molecule has 1 unspecified atom stereocenters.